The number of rotatable bonds is 1. The smallest absolute Gasteiger partial charge is 0.331 e. The molecule has 0 aliphatic carbocycles. The van der Waals surface area contributed by atoms with Crippen molar-refractivity contribution in [2.75, 3.05) is 6.61 Å². The van der Waals surface area contributed by atoms with Crippen molar-refractivity contribution in [3.8, 4) is 0 Å². The molecule has 0 bridgehead atoms. The number of cyclic esters (lactones) is 1. The number of hydrogen-bond acceptors (Lipinski definition) is 3. The lowest BCUT2D eigenvalue weighted by Gasteiger charge is -2.03. The monoisotopic (exact) mass is 230 g/mol. The van der Waals surface area contributed by atoms with Gasteiger partial charge in [0.05, 0.1) is 17.3 Å². The van der Waals surface area contributed by atoms with Crippen LogP contribution >= 0.6 is 15.9 Å². The Hall–Kier alpha value is -0.840. The molecule has 0 amide bonds. The molecule has 1 aromatic heterocycles. The van der Waals surface area contributed by atoms with Crippen molar-refractivity contribution in [3.05, 3.63) is 16.9 Å². The fraction of sp³-hybridized carbons (Fsp3) is 0.429. The second kappa shape index (κ2) is 2.90. The van der Waals surface area contributed by atoms with E-state index in [1.54, 1.807) is 17.1 Å². The zero-order chi connectivity index (χ0) is 8.55. The Morgan fingerprint density at radius 1 is 1.75 bits per heavy atom. The van der Waals surface area contributed by atoms with Gasteiger partial charge in [-0.15, -0.1) is 0 Å². The van der Waals surface area contributed by atoms with Gasteiger partial charge < -0.3 is 4.74 Å². The zero-order valence-electron chi connectivity index (χ0n) is 6.24. The van der Waals surface area contributed by atoms with Crippen LogP contribution in [-0.4, -0.2) is 22.4 Å². The van der Waals surface area contributed by atoms with E-state index in [9.17, 15) is 4.79 Å². The first-order chi connectivity index (χ1) is 5.77. The third-order valence-electron chi connectivity index (χ3n) is 1.80. The number of esters is 1. The summed E-state index contributed by atoms with van der Waals surface area (Å²) in [5.74, 6) is -0.189. The van der Waals surface area contributed by atoms with Gasteiger partial charge in [0.15, 0.2) is 6.04 Å². The predicted octanol–water partition coefficient (Wildman–Crippen LogP) is 1.13. The molecule has 1 fully saturated rings. The van der Waals surface area contributed by atoms with Crippen molar-refractivity contribution in [2.24, 2.45) is 0 Å². The summed E-state index contributed by atoms with van der Waals surface area (Å²) >= 11 is 3.26. The minimum Gasteiger partial charge on any atom is -0.464 e. The van der Waals surface area contributed by atoms with E-state index in [0.717, 1.165) is 4.47 Å². The van der Waals surface area contributed by atoms with Crippen LogP contribution in [0, 0.1) is 0 Å². The van der Waals surface area contributed by atoms with Crippen LogP contribution in [0.25, 0.3) is 0 Å². The first-order valence-corrected chi connectivity index (χ1v) is 4.43. The summed E-state index contributed by atoms with van der Waals surface area (Å²) in [5, 5.41) is 4.02. The second-order valence-corrected chi connectivity index (χ2v) is 3.53. The lowest BCUT2D eigenvalue weighted by atomic mass is 10.3. The van der Waals surface area contributed by atoms with Gasteiger partial charge in [0.1, 0.15) is 0 Å². The van der Waals surface area contributed by atoms with Gasteiger partial charge in [-0.2, -0.15) is 5.10 Å². The van der Waals surface area contributed by atoms with Gasteiger partial charge in [-0.25, -0.2) is 4.79 Å². The van der Waals surface area contributed by atoms with Gasteiger partial charge in [0, 0.05) is 12.6 Å². The predicted molar refractivity (Wildman–Crippen MR) is 44.5 cm³/mol. The number of aromatic nitrogens is 2. The second-order valence-electron chi connectivity index (χ2n) is 2.61. The molecule has 0 radical (unpaired) electrons. The van der Waals surface area contributed by atoms with E-state index in [-0.39, 0.29) is 12.0 Å². The fourth-order valence-electron chi connectivity index (χ4n) is 1.21. The van der Waals surface area contributed by atoms with Gasteiger partial charge >= 0.3 is 5.97 Å². The SMILES string of the molecule is O=C1OCCC1n1cc(Br)cn1. The molecule has 0 N–H and O–H groups in total. The molecule has 1 unspecified atom stereocenters. The first-order valence-electron chi connectivity index (χ1n) is 3.63. The van der Waals surface area contributed by atoms with Crippen LogP contribution in [0.1, 0.15) is 12.5 Å². The third kappa shape index (κ3) is 1.24. The summed E-state index contributed by atoms with van der Waals surface area (Å²) in [6, 6.07) is -0.226. The van der Waals surface area contributed by atoms with Crippen LogP contribution in [-0.2, 0) is 9.53 Å². The maximum atomic E-state index is 11.1. The van der Waals surface area contributed by atoms with Crippen molar-refractivity contribution in [3.63, 3.8) is 0 Å². The number of carbonyl (C=O) groups excluding carboxylic acids is 1. The average Bonchev–Trinajstić information content (AvgIpc) is 2.58. The molecule has 4 nitrogen and oxygen atoms in total. The van der Waals surface area contributed by atoms with Gasteiger partial charge in [-0.05, 0) is 15.9 Å². The molecule has 64 valence electrons. The van der Waals surface area contributed by atoms with Crippen molar-refractivity contribution >= 4 is 21.9 Å². The lowest BCUT2D eigenvalue weighted by Crippen LogP contribution is -2.14. The lowest BCUT2D eigenvalue weighted by molar-refractivity contribution is -0.140. The Morgan fingerprint density at radius 2 is 2.58 bits per heavy atom. The Morgan fingerprint density at radius 3 is 3.08 bits per heavy atom. The molecule has 0 spiro atoms. The standard InChI is InChI=1S/C7H7BrN2O2/c8-5-3-9-10(4-5)6-1-2-12-7(6)11/h3-4,6H,1-2H2. The molecule has 1 saturated heterocycles. The highest BCUT2D eigenvalue weighted by Crippen LogP contribution is 2.20. The maximum absolute atomic E-state index is 11.1. The molecule has 12 heavy (non-hydrogen) atoms. The van der Waals surface area contributed by atoms with Crippen LogP contribution in [0.3, 0.4) is 0 Å². The molecular weight excluding hydrogens is 224 g/mol. The van der Waals surface area contributed by atoms with Crippen molar-refractivity contribution < 1.29 is 9.53 Å². The van der Waals surface area contributed by atoms with Crippen LogP contribution in [0.4, 0.5) is 0 Å². The highest BCUT2D eigenvalue weighted by Gasteiger charge is 2.28. The Balaban J connectivity index is 2.24. The van der Waals surface area contributed by atoms with Crippen LogP contribution in [0.15, 0.2) is 16.9 Å². The molecule has 1 atom stereocenters. The average molecular weight is 231 g/mol. The van der Waals surface area contributed by atoms with Gasteiger partial charge in [-0.3, -0.25) is 4.68 Å². The number of nitrogens with zero attached hydrogens (tertiary/aromatic N) is 2. The Bertz CT molecular complexity index is 310. The molecule has 0 aromatic carbocycles. The van der Waals surface area contributed by atoms with Gasteiger partial charge in [0.2, 0.25) is 0 Å². The van der Waals surface area contributed by atoms with Crippen LogP contribution < -0.4 is 0 Å². The zero-order valence-corrected chi connectivity index (χ0v) is 7.82. The summed E-state index contributed by atoms with van der Waals surface area (Å²) in [6.45, 7) is 0.501. The van der Waals surface area contributed by atoms with E-state index >= 15 is 0 Å². The Kier molecular flexibility index (Phi) is 1.88. The maximum Gasteiger partial charge on any atom is 0.331 e. The summed E-state index contributed by atoms with van der Waals surface area (Å²) in [7, 11) is 0. The van der Waals surface area contributed by atoms with E-state index in [1.807, 2.05) is 0 Å². The summed E-state index contributed by atoms with van der Waals surface area (Å²) in [5.41, 5.74) is 0. The first kappa shape index (κ1) is 7.79. The molecule has 0 saturated carbocycles. The highest BCUT2D eigenvalue weighted by atomic mass is 79.9. The largest absolute Gasteiger partial charge is 0.464 e. The highest BCUT2D eigenvalue weighted by molar-refractivity contribution is 9.10. The number of carbonyl (C=O) groups is 1. The van der Waals surface area contributed by atoms with Crippen molar-refractivity contribution in [1.82, 2.24) is 9.78 Å². The van der Waals surface area contributed by atoms with Crippen LogP contribution in [0.5, 0.6) is 0 Å². The third-order valence-corrected chi connectivity index (χ3v) is 2.21. The van der Waals surface area contributed by atoms with E-state index in [1.165, 1.54) is 0 Å². The van der Waals surface area contributed by atoms with E-state index < -0.39 is 0 Å². The molecule has 1 aromatic rings. The minimum atomic E-state index is -0.226. The van der Waals surface area contributed by atoms with Crippen molar-refractivity contribution in [1.29, 1.82) is 0 Å². The Labute approximate surface area is 77.6 Å². The topological polar surface area (TPSA) is 44.1 Å². The van der Waals surface area contributed by atoms with Gasteiger partial charge in [-0.1, -0.05) is 0 Å². The van der Waals surface area contributed by atoms with Crippen LogP contribution in [0.2, 0.25) is 0 Å². The van der Waals surface area contributed by atoms with E-state index in [0.29, 0.717) is 13.0 Å². The summed E-state index contributed by atoms with van der Waals surface area (Å²) < 4.78 is 7.32. The fourth-order valence-corrected chi connectivity index (χ4v) is 1.51. The molecular formula is C7H7BrN2O2. The molecule has 5 heteroatoms. The molecule has 2 rings (SSSR count). The number of ether oxygens (including phenoxy) is 1. The van der Waals surface area contributed by atoms with Gasteiger partial charge in [0.25, 0.3) is 0 Å². The summed E-state index contributed by atoms with van der Waals surface area (Å²) in [4.78, 5) is 11.1. The minimum absolute atomic E-state index is 0.189. The normalized spacial score (nSPS) is 22.8. The molecule has 2 heterocycles. The molecule has 1 aliphatic rings. The quantitative estimate of drug-likeness (QED) is 0.680. The van der Waals surface area contributed by atoms with Crippen molar-refractivity contribution in [2.45, 2.75) is 12.5 Å². The van der Waals surface area contributed by atoms with E-state index in [2.05, 4.69) is 21.0 Å². The number of hydrogen-bond donors (Lipinski definition) is 0. The molecule has 1 aliphatic heterocycles. The number of halogens is 1. The van der Waals surface area contributed by atoms with E-state index in [4.69, 9.17) is 4.74 Å². The summed E-state index contributed by atoms with van der Waals surface area (Å²) in [6.07, 6.45) is 4.15.